The lowest BCUT2D eigenvalue weighted by molar-refractivity contribution is 0.122. The van der Waals surface area contributed by atoms with Crippen LogP contribution in [0.25, 0.3) is 0 Å². The van der Waals surface area contributed by atoms with Crippen molar-refractivity contribution in [3.63, 3.8) is 0 Å². The van der Waals surface area contributed by atoms with Crippen LogP contribution in [-0.2, 0) is 0 Å². The highest BCUT2D eigenvalue weighted by molar-refractivity contribution is 14.1. The first-order chi connectivity index (χ1) is 9.75. The van der Waals surface area contributed by atoms with Crippen molar-refractivity contribution in [3.8, 4) is 0 Å². The van der Waals surface area contributed by atoms with Gasteiger partial charge in [-0.1, -0.05) is 12.8 Å². The van der Waals surface area contributed by atoms with Crippen LogP contribution in [0.5, 0.6) is 0 Å². The number of nitrogens with one attached hydrogen (secondary N) is 1. The average Bonchev–Trinajstić information content (AvgIpc) is 2.98. The first-order valence-corrected chi connectivity index (χ1v) is 8.73. The van der Waals surface area contributed by atoms with Crippen LogP contribution >= 0.6 is 35.0 Å². The molecule has 118 valence electrons. The van der Waals surface area contributed by atoms with Gasteiger partial charge in [0, 0.05) is 41.4 Å². The second-order valence-corrected chi connectivity index (χ2v) is 7.19. The summed E-state index contributed by atoms with van der Waals surface area (Å²) in [6.45, 7) is 4.11. The Morgan fingerprint density at radius 1 is 1.19 bits per heavy atom. The van der Waals surface area contributed by atoms with Crippen LogP contribution in [0.2, 0.25) is 0 Å². The van der Waals surface area contributed by atoms with Crippen LogP contribution in [0.15, 0.2) is 18.2 Å². The van der Waals surface area contributed by atoms with E-state index in [2.05, 4.69) is 38.9 Å². The largest absolute Gasteiger partial charge is 0.314 e. The van der Waals surface area contributed by atoms with Gasteiger partial charge in [0.1, 0.15) is 5.82 Å². The predicted octanol–water partition coefficient (Wildman–Crippen LogP) is 3.99. The number of hydrogen-bond acceptors (Lipinski definition) is 2. The van der Waals surface area contributed by atoms with Gasteiger partial charge in [0.15, 0.2) is 0 Å². The topological polar surface area (TPSA) is 15.3 Å². The molecule has 0 bridgehead atoms. The van der Waals surface area contributed by atoms with Crippen LogP contribution in [0.1, 0.15) is 37.3 Å². The zero-order chi connectivity index (χ0) is 13.9. The van der Waals surface area contributed by atoms with Crippen LogP contribution < -0.4 is 5.32 Å². The van der Waals surface area contributed by atoms with Gasteiger partial charge in [-0.05, 0) is 59.5 Å². The third-order valence-corrected chi connectivity index (χ3v) is 5.34. The normalized spacial score (nSPS) is 22.0. The summed E-state index contributed by atoms with van der Waals surface area (Å²) in [5, 5.41) is 3.40. The first kappa shape index (κ1) is 17.4. The standard InChI is InChI=1S/C16H22FIN2.ClH/c17-15-6-5-13(18)11-14(15)16(12-3-1-2-4-12)20-9-7-19-8-10-20;/h5-6,11-12,16,19H,1-4,7-10H2;1H/t16-;/m0./s1. The van der Waals surface area contributed by atoms with Gasteiger partial charge in [0.25, 0.3) is 0 Å². The third-order valence-electron chi connectivity index (χ3n) is 4.67. The molecule has 1 atom stereocenters. The fourth-order valence-electron chi connectivity index (χ4n) is 3.72. The molecule has 0 spiro atoms. The number of halogens is 3. The summed E-state index contributed by atoms with van der Waals surface area (Å²) in [6.07, 6.45) is 5.11. The second-order valence-electron chi connectivity index (χ2n) is 5.94. The molecule has 1 N–H and O–H groups in total. The Bertz CT molecular complexity index is 460. The van der Waals surface area contributed by atoms with Gasteiger partial charge in [-0.2, -0.15) is 0 Å². The molecule has 1 aliphatic heterocycles. The maximum Gasteiger partial charge on any atom is 0.128 e. The van der Waals surface area contributed by atoms with Gasteiger partial charge in [-0.3, -0.25) is 4.90 Å². The number of benzene rings is 1. The van der Waals surface area contributed by atoms with E-state index in [1.807, 2.05) is 6.07 Å². The van der Waals surface area contributed by atoms with E-state index in [-0.39, 0.29) is 24.3 Å². The first-order valence-electron chi connectivity index (χ1n) is 7.65. The molecule has 5 heteroatoms. The minimum absolute atomic E-state index is 0. The molecule has 0 amide bonds. The quantitative estimate of drug-likeness (QED) is 0.738. The van der Waals surface area contributed by atoms with Crippen LogP contribution in [0, 0.1) is 15.3 Å². The van der Waals surface area contributed by atoms with Crippen molar-refractivity contribution >= 4 is 35.0 Å². The van der Waals surface area contributed by atoms with E-state index in [9.17, 15) is 4.39 Å². The molecule has 0 aromatic heterocycles. The summed E-state index contributed by atoms with van der Waals surface area (Å²) in [7, 11) is 0. The summed E-state index contributed by atoms with van der Waals surface area (Å²) in [5.41, 5.74) is 0.922. The van der Waals surface area contributed by atoms with Crippen LogP contribution in [0.4, 0.5) is 4.39 Å². The molecule has 1 saturated carbocycles. The summed E-state index contributed by atoms with van der Waals surface area (Å²) in [5.74, 6) is 0.599. The summed E-state index contributed by atoms with van der Waals surface area (Å²) < 4.78 is 15.5. The maximum absolute atomic E-state index is 14.4. The summed E-state index contributed by atoms with van der Waals surface area (Å²) in [4.78, 5) is 2.50. The summed E-state index contributed by atoms with van der Waals surface area (Å²) in [6, 6.07) is 5.83. The highest BCUT2D eigenvalue weighted by Gasteiger charge is 2.33. The molecule has 1 aliphatic carbocycles. The van der Waals surface area contributed by atoms with Crippen molar-refractivity contribution in [2.45, 2.75) is 31.7 Å². The van der Waals surface area contributed by atoms with E-state index in [1.165, 1.54) is 25.7 Å². The van der Waals surface area contributed by atoms with Crippen LogP contribution in [-0.4, -0.2) is 31.1 Å². The van der Waals surface area contributed by atoms with Crippen molar-refractivity contribution in [3.05, 3.63) is 33.1 Å². The molecule has 3 rings (SSSR count). The van der Waals surface area contributed by atoms with Gasteiger partial charge in [0.05, 0.1) is 0 Å². The number of piperazine rings is 1. The van der Waals surface area contributed by atoms with Crippen molar-refractivity contribution in [1.82, 2.24) is 10.2 Å². The number of hydrogen-bond donors (Lipinski definition) is 1. The SMILES string of the molecule is Cl.Fc1ccc(I)cc1[C@H](C1CCCC1)N1CCNCC1. The van der Waals surface area contributed by atoms with Gasteiger partial charge < -0.3 is 5.32 Å². The lowest BCUT2D eigenvalue weighted by Gasteiger charge is -2.38. The van der Waals surface area contributed by atoms with E-state index < -0.39 is 0 Å². The molecule has 2 nitrogen and oxygen atoms in total. The molecule has 2 fully saturated rings. The Morgan fingerprint density at radius 2 is 1.86 bits per heavy atom. The lowest BCUT2D eigenvalue weighted by Crippen LogP contribution is -2.47. The summed E-state index contributed by atoms with van der Waals surface area (Å²) >= 11 is 2.29. The van der Waals surface area contributed by atoms with E-state index >= 15 is 0 Å². The molecular weight excluding hydrogens is 402 g/mol. The van der Waals surface area contributed by atoms with Gasteiger partial charge >= 0.3 is 0 Å². The Kier molecular flexibility index (Phi) is 6.72. The number of nitrogens with zero attached hydrogens (tertiary/aromatic N) is 1. The highest BCUT2D eigenvalue weighted by atomic mass is 127. The molecule has 1 saturated heterocycles. The third kappa shape index (κ3) is 4.09. The second kappa shape index (κ2) is 8.09. The van der Waals surface area contributed by atoms with Crippen molar-refractivity contribution in [2.24, 2.45) is 5.92 Å². The van der Waals surface area contributed by atoms with Gasteiger partial charge in [0.2, 0.25) is 0 Å². The van der Waals surface area contributed by atoms with Crippen molar-refractivity contribution in [2.75, 3.05) is 26.2 Å². The van der Waals surface area contributed by atoms with E-state index in [0.717, 1.165) is 35.3 Å². The number of rotatable bonds is 3. The molecule has 1 aromatic carbocycles. The van der Waals surface area contributed by atoms with Crippen molar-refractivity contribution in [1.29, 1.82) is 0 Å². The minimum atomic E-state index is -0.0270. The Balaban J connectivity index is 0.00000161. The molecule has 2 aliphatic rings. The van der Waals surface area contributed by atoms with Gasteiger partial charge in [-0.15, -0.1) is 12.4 Å². The van der Waals surface area contributed by atoms with E-state index in [1.54, 1.807) is 6.07 Å². The Morgan fingerprint density at radius 3 is 2.52 bits per heavy atom. The molecule has 21 heavy (non-hydrogen) atoms. The molecule has 1 heterocycles. The average molecular weight is 425 g/mol. The van der Waals surface area contributed by atoms with Gasteiger partial charge in [-0.25, -0.2) is 4.39 Å². The lowest BCUT2D eigenvalue weighted by atomic mass is 9.89. The molecular formula is C16H23ClFIN2. The predicted molar refractivity (Wildman–Crippen MR) is 95.5 cm³/mol. The van der Waals surface area contributed by atoms with Crippen LogP contribution in [0.3, 0.4) is 0 Å². The van der Waals surface area contributed by atoms with E-state index in [4.69, 9.17) is 0 Å². The Hall–Kier alpha value is 0.0900. The fraction of sp³-hybridized carbons (Fsp3) is 0.625. The monoisotopic (exact) mass is 424 g/mol. The fourth-order valence-corrected chi connectivity index (χ4v) is 4.24. The molecule has 1 aromatic rings. The van der Waals surface area contributed by atoms with E-state index in [0.29, 0.717) is 5.92 Å². The molecule has 0 unspecified atom stereocenters. The Labute approximate surface area is 146 Å². The zero-order valence-corrected chi connectivity index (χ0v) is 15.1. The minimum Gasteiger partial charge on any atom is -0.314 e. The zero-order valence-electron chi connectivity index (χ0n) is 12.2. The highest BCUT2D eigenvalue weighted by Crippen LogP contribution is 2.40. The smallest absolute Gasteiger partial charge is 0.128 e. The maximum atomic E-state index is 14.4. The van der Waals surface area contributed by atoms with Crippen molar-refractivity contribution < 1.29 is 4.39 Å². The molecule has 0 radical (unpaired) electrons.